The van der Waals surface area contributed by atoms with Crippen LogP contribution in [-0.4, -0.2) is 30.1 Å². The van der Waals surface area contributed by atoms with Gasteiger partial charge in [0.25, 0.3) is 5.91 Å². The van der Waals surface area contributed by atoms with Crippen LogP contribution in [0.4, 0.5) is 0 Å². The molecule has 0 bridgehead atoms. The largest absolute Gasteiger partial charge is 0.345 e. The molecule has 0 spiro atoms. The zero-order chi connectivity index (χ0) is 17.1. The molecular weight excluding hydrogens is 304 g/mol. The molecule has 3 aromatic heterocycles. The predicted octanol–water partition coefficient (Wildman–Crippen LogP) is 2.07. The highest BCUT2D eigenvalue weighted by Crippen LogP contribution is 2.10. The van der Waals surface area contributed by atoms with Crippen molar-refractivity contribution in [2.45, 2.75) is 40.3 Å². The molecule has 0 aliphatic carbocycles. The van der Waals surface area contributed by atoms with Crippen molar-refractivity contribution in [3.05, 3.63) is 47.8 Å². The predicted molar refractivity (Wildman–Crippen MR) is 90.6 cm³/mol. The van der Waals surface area contributed by atoms with Gasteiger partial charge in [-0.3, -0.25) is 13.9 Å². The van der Waals surface area contributed by atoms with E-state index in [1.807, 2.05) is 35.9 Å². The molecule has 0 saturated heterocycles. The summed E-state index contributed by atoms with van der Waals surface area (Å²) in [5.74, 6) is 0.996. The van der Waals surface area contributed by atoms with Crippen molar-refractivity contribution in [2.75, 3.05) is 0 Å². The van der Waals surface area contributed by atoms with Gasteiger partial charge in [0.05, 0.1) is 17.9 Å². The molecule has 0 radical (unpaired) electrons. The van der Waals surface area contributed by atoms with Crippen LogP contribution in [0.5, 0.6) is 0 Å². The zero-order valence-corrected chi connectivity index (χ0v) is 14.2. The Morgan fingerprint density at radius 1 is 1.33 bits per heavy atom. The van der Waals surface area contributed by atoms with Crippen molar-refractivity contribution in [1.29, 1.82) is 0 Å². The molecule has 0 aliphatic rings. The first-order valence-corrected chi connectivity index (χ1v) is 8.20. The number of rotatable bonds is 6. The summed E-state index contributed by atoms with van der Waals surface area (Å²) < 4.78 is 3.58. The van der Waals surface area contributed by atoms with Gasteiger partial charge >= 0.3 is 0 Å². The Kier molecular flexibility index (Phi) is 4.59. The molecule has 7 nitrogen and oxygen atoms in total. The van der Waals surface area contributed by atoms with E-state index in [4.69, 9.17) is 0 Å². The maximum absolute atomic E-state index is 12.5. The van der Waals surface area contributed by atoms with Crippen molar-refractivity contribution in [3.63, 3.8) is 0 Å². The lowest BCUT2D eigenvalue weighted by Gasteiger charge is -2.04. The van der Waals surface area contributed by atoms with E-state index in [1.54, 1.807) is 10.9 Å². The molecule has 0 unspecified atom stereocenters. The Hall–Kier alpha value is -2.70. The van der Waals surface area contributed by atoms with Crippen molar-refractivity contribution < 1.29 is 4.79 Å². The van der Waals surface area contributed by atoms with Crippen LogP contribution >= 0.6 is 0 Å². The van der Waals surface area contributed by atoms with E-state index in [2.05, 4.69) is 34.2 Å². The number of aromatic nitrogens is 5. The van der Waals surface area contributed by atoms with Gasteiger partial charge in [-0.05, 0) is 31.4 Å². The van der Waals surface area contributed by atoms with E-state index in [0.717, 1.165) is 17.8 Å². The highest BCUT2D eigenvalue weighted by Gasteiger charge is 2.15. The van der Waals surface area contributed by atoms with Gasteiger partial charge < -0.3 is 5.32 Å². The van der Waals surface area contributed by atoms with E-state index >= 15 is 0 Å². The molecule has 0 saturated carbocycles. The minimum absolute atomic E-state index is 0.135. The molecule has 24 heavy (non-hydrogen) atoms. The summed E-state index contributed by atoms with van der Waals surface area (Å²) in [4.78, 5) is 21.0. The summed E-state index contributed by atoms with van der Waals surface area (Å²) in [7, 11) is 0. The third-order valence-corrected chi connectivity index (χ3v) is 3.70. The average molecular weight is 326 g/mol. The Balaban J connectivity index is 1.71. The molecule has 3 heterocycles. The van der Waals surface area contributed by atoms with Gasteiger partial charge in [0.2, 0.25) is 5.78 Å². The maximum Gasteiger partial charge on any atom is 0.269 e. The number of hydrogen-bond acceptors (Lipinski definition) is 4. The maximum atomic E-state index is 12.5. The first-order valence-electron chi connectivity index (χ1n) is 8.20. The number of fused-ring (bicyclic) bond motifs is 1. The number of hydrogen-bond donors (Lipinski definition) is 1. The molecule has 0 atom stereocenters. The normalized spacial score (nSPS) is 11.3. The van der Waals surface area contributed by atoms with Gasteiger partial charge in [0, 0.05) is 25.1 Å². The summed E-state index contributed by atoms with van der Waals surface area (Å²) in [5.41, 5.74) is 2.32. The molecule has 3 aromatic rings. The summed E-state index contributed by atoms with van der Waals surface area (Å²) >= 11 is 0. The lowest BCUT2D eigenvalue weighted by atomic mass is 10.1. The standard InChI is InChI=1S/C17H22N6O/c1-4-23-15(9-13(21-23)8-12(2)3)16(24)19-10-14-11-22-7-5-6-18-17(22)20-14/h5-7,9,11-12H,4,8,10H2,1-3H3,(H,19,24). The lowest BCUT2D eigenvalue weighted by molar-refractivity contribution is 0.0939. The summed E-state index contributed by atoms with van der Waals surface area (Å²) in [6.45, 7) is 7.29. The summed E-state index contributed by atoms with van der Waals surface area (Å²) in [6, 6.07) is 3.72. The summed E-state index contributed by atoms with van der Waals surface area (Å²) in [5, 5.41) is 7.42. The van der Waals surface area contributed by atoms with Crippen LogP contribution in [-0.2, 0) is 19.5 Å². The Bertz CT molecular complexity index is 815. The molecule has 1 N–H and O–H groups in total. The second-order valence-corrected chi connectivity index (χ2v) is 6.18. The molecule has 3 rings (SSSR count). The number of nitrogens with zero attached hydrogens (tertiary/aromatic N) is 5. The van der Waals surface area contributed by atoms with Gasteiger partial charge in [-0.1, -0.05) is 13.8 Å². The van der Waals surface area contributed by atoms with Crippen molar-refractivity contribution in [1.82, 2.24) is 29.5 Å². The van der Waals surface area contributed by atoms with Gasteiger partial charge in [-0.25, -0.2) is 9.97 Å². The number of imidazole rings is 1. The van der Waals surface area contributed by atoms with E-state index in [1.165, 1.54) is 0 Å². The number of carbonyl (C=O) groups is 1. The Labute approximate surface area is 140 Å². The SMILES string of the molecule is CCn1nc(CC(C)C)cc1C(=O)NCc1cn2cccnc2n1. The van der Waals surface area contributed by atoms with Crippen LogP contribution in [0.2, 0.25) is 0 Å². The van der Waals surface area contributed by atoms with E-state index in [-0.39, 0.29) is 5.91 Å². The number of nitrogens with one attached hydrogen (secondary N) is 1. The van der Waals surface area contributed by atoms with Crippen LogP contribution in [0.3, 0.4) is 0 Å². The first kappa shape index (κ1) is 16.2. The van der Waals surface area contributed by atoms with Crippen LogP contribution in [0.1, 0.15) is 42.6 Å². The van der Waals surface area contributed by atoms with Gasteiger partial charge in [0.15, 0.2) is 0 Å². The van der Waals surface area contributed by atoms with Crippen LogP contribution in [0.25, 0.3) is 5.78 Å². The van der Waals surface area contributed by atoms with Gasteiger partial charge in [-0.15, -0.1) is 0 Å². The number of aryl methyl sites for hydroxylation is 1. The summed E-state index contributed by atoms with van der Waals surface area (Å²) in [6.07, 6.45) is 6.31. The molecular formula is C17H22N6O. The molecule has 0 aliphatic heterocycles. The topological polar surface area (TPSA) is 77.1 Å². The fourth-order valence-corrected chi connectivity index (χ4v) is 2.64. The fourth-order valence-electron chi connectivity index (χ4n) is 2.64. The van der Waals surface area contributed by atoms with Crippen LogP contribution in [0.15, 0.2) is 30.7 Å². The van der Waals surface area contributed by atoms with Crippen molar-refractivity contribution in [3.8, 4) is 0 Å². The number of carbonyl (C=O) groups excluding carboxylic acids is 1. The minimum atomic E-state index is -0.135. The molecule has 7 heteroatoms. The zero-order valence-electron chi connectivity index (χ0n) is 14.2. The Morgan fingerprint density at radius 2 is 2.17 bits per heavy atom. The second kappa shape index (κ2) is 6.82. The van der Waals surface area contributed by atoms with E-state index in [0.29, 0.717) is 30.5 Å². The fraction of sp³-hybridized carbons (Fsp3) is 0.412. The van der Waals surface area contributed by atoms with Crippen LogP contribution in [0, 0.1) is 5.92 Å². The third kappa shape index (κ3) is 3.45. The quantitative estimate of drug-likeness (QED) is 0.752. The highest BCUT2D eigenvalue weighted by molar-refractivity contribution is 5.92. The lowest BCUT2D eigenvalue weighted by Crippen LogP contribution is -2.25. The molecule has 1 amide bonds. The van der Waals surface area contributed by atoms with Crippen molar-refractivity contribution >= 4 is 11.7 Å². The smallest absolute Gasteiger partial charge is 0.269 e. The molecule has 0 aromatic carbocycles. The number of amides is 1. The van der Waals surface area contributed by atoms with Crippen LogP contribution < -0.4 is 5.32 Å². The molecule has 0 fully saturated rings. The highest BCUT2D eigenvalue weighted by atomic mass is 16.2. The third-order valence-electron chi connectivity index (χ3n) is 3.70. The molecule has 126 valence electrons. The van der Waals surface area contributed by atoms with Gasteiger partial charge in [0.1, 0.15) is 5.69 Å². The first-order chi connectivity index (χ1) is 11.6. The Morgan fingerprint density at radius 3 is 2.88 bits per heavy atom. The van der Waals surface area contributed by atoms with E-state index < -0.39 is 0 Å². The van der Waals surface area contributed by atoms with Gasteiger partial charge in [-0.2, -0.15) is 5.10 Å². The van der Waals surface area contributed by atoms with E-state index in [9.17, 15) is 4.79 Å². The monoisotopic (exact) mass is 326 g/mol. The average Bonchev–Trinajstić information content (AvgIpc) is 3.15. The van der Waals surface area contributed by atoms with Crippen molar-refractivity contribution in [2.24, 2.45) is 5.92 Å². The second-order valence-electron chi connectivity index (χ2n) is 6.18. The minimum Gasteiger partial charge on any atom is -0.345 e.